The molecule has 4 bridgehead atoms. The van der Waals surface area contributed by atoms with Crippen molar-refractivity contribution in [2.45, 2.75) is 62.9 Å². The first-order valence-electron chi connectivity index (χ1n) is 10.7. The van der Waals surface area contributed by atoms with Gasteiger partial charge in [-0.2, -0.15) is 4.89 Å². The molecule has 4 aliphatic carbocycles. The fourth-order valence-corrected chi connectivity index (χ4v) is 7.08. The summed E-state index contributed by atoms with van der Waals surface area (Å²) in [4.78, 5) is 41.5. The number of ether oxygens (including phenoxy) is 1. The van der Waals surface area contributed by atoms with Gasteiger partial charge in [0, 0.05) is 5.56 Å². The molecule has 4 saturated carbocycles. The molecule has 1 aromatic rings. The molecule has 0 aromatic heterocycles. The van der Waals surface area contributed by atoms with E-state index in [9.17, 15) is 24.3 Å². The predicted molar refractivity (Wildman–Crippen MR) is 106 cm³/mol. The van der Waals surface area contributed by atoms with Crippen LogP contribution in [0.2, 0.25) is 0 Å². The van der Waals surface area contributed by atoms with E-state index in [4.69, 9.17) is 19.0 Å². The Labute approximate surface area is 179 Å². The topological polar surface area (TPSA) is 132 Å². The molecule has 1 aromatic carbocycles. The fourth-order valence-electron chi connectivity index (χ4n) is 6.69. The van der Waals surface area contributed by atoms with Crippen molar-refractivity contribution >= 4 is 13.8 Å². The van der Waals surface area contributed by atoms with Crippen LogP contribution in [-0.2, 0) is 29.7 Å². The first kappa shape index (κ1) is 21.4. The van der Waals surface area contributed by atoms with Crippen molar-refractivity contribution in [1.29, 1.82) is 0 Å². The fraction of sp³-hybridized carbons (Fsp3) is 0.667. The minimum Gasteiger partial charge on any atom is -0.481 e. The lowest BCUT2D eigenvalue weighted by Crippen LogP contribution is -2.77. The van der Waals surface area contributed by atoms with E-state index < -0.39 is 31.3 Å². The maximum Gasteiger partial charge on any atom is 0.524 e. The second-order valence-electron chi connectivity index (χ2n) is 9.52. The van der Waals surface area contributed by atoms with Crippen molar-refractivity contribution in [3.05, 3.63) is 29.8 Å². The first-order valence-corrected chi connectivity index (χ1v) is 12.3. The van der Waals surface area contributed by atoms with Gasteiger partial charge in [0.1, 0.15) is 5.75 Å². The largest absolute Gasteiger partial charge is 0.524 e. The lowest BCUT2D eigenvalue weighted by Gasteiger charge is -2.69. The summed E-state index contributed by atoms with van der Waals surface area (Å²) in [5, 5.41) is 9.26. The highest BCUT2D eigenvalue weighted by molar-refractivity contribution is 7.46. The number of benzene rings is 1. The van der Waals surface area contributed by atoms with Crippen molar-refractivity contribution in [3.63, 3.8) is 0 Å². The van der Waals surface area contributed by atoms with Gasteiger partial charge in [-0.05, 0) is 74.8 Å². The summed E-state index contributed by atoms with van der Waals surface area (Å²) < 4.78 is 22.5. The Morgan fingerprint density at radius 1 is 1.16 bits per heavy atom. The Hall–Kier alpha value is -1.48. The summed E-state index contributed by atoms with van der Waals surface area (Å²) in [5.41, 5.74) is -0.247. The molecular formula is C21H27O9P. The Morgan fingerprint density at radius 3 is 2.32 bits per heavy atom. The number of phosphoric ester groups is 1. The van der Waals surface area contributed by atoms with Crippen LogP contribution in [0.4, 0.5) is 0 Å². The summed E-state index contributed by atoms with van der Waals surface area (Å²) in [6.45, 7) is 1.68. The number of aliphatic carboxylic acids is 1. The molecule has 31 heavy (non-hydrogen) atoms. The third-order valence-electron chi connectivity index (χ3n) is 7.43. The van der Waals surface area contributed by atoms with Crippen LogP contribution in [0.3, 0.4) is 0 Å². The van der Waals surface area contributed by atoms with Crippen LogP contribution in [0, 0.1) is 23.7 Å². The highest BCUT2D eigenvalue weighted by atomic mass is 31.2. The van der Waals surface area contributed by atoms with E-state index in [0.717, 1.165) is 25.7 Å². The SMILES string of the molecule is CC(CC(=O)O)OC1(c2cccc(OP(=O)(O)O)c2)OOC12C1CC3CC(C1)CC2C3. The van der Waals surface area contributed by atoms with Crippen molar-refractivity contribution < 1.29 is 43.3 Å². The van der Waals surface area contributed by atoms with E-state index in [0.29, 0.717) is 17.4 Å². The summed E-state index contributed by atoms with van der Waals surface area (Å²) in [7, 11) is -4.75. The third-order valence-corrected chi connectivity index (χ3v) is 7.88. The van der Waals surface area contributed by atoms with Crippen molar-refractivity contribution in [2.24, 2.45) is 23.7 Å². The minimum absolute atomic E-state index is 0.0193. The van der Waals surface area contributed by atoms with Crippen molar-refractivity contribution in [2.75, 3.05) is 0 Å². The van der Waals surface area contributed by atoms with Gasteiger partial charge < -0.3 is 14.4 Å². The van der Waals surface area contributed by atoms with Gasteiger partial charge in [0.2, 0.25) is 0 Å². The van der Waals surface area contributed by atoms with E-state index >= 15 is 0 Å². The number of rotatable bonds is 7. The number of hydrogen-bond acceptors (Lipinski definition) is 6. The molecule has 1 aliphatic heterocycles. The quantitative estimate of drug-likeness (QED) is 0.419. The van der Waals surface area contributed by atoms with E-state index in [1.807, 2.05) is 0 Å². The van der Waals surface area contributed by atoms with Crippen LogP contribution in [0.25, 0.3) is 0 Å². The highest BCUT2D eigenvalue weighted by Crippen LogP contribution is 2.69. The molecule has 6 rings (SSSR count). The number of phosphoric acid groups is 1. The average molecular weight is 454 g/mol. The predicted octanol–water partition coefficient (Wildman–Crippen LogP) is 3.35. The zero-order chi connectivity index (χ0) is 22.0. The van der Waals surface area contributed by atoms with Gasteiger partial charge in [0.05, 0.1) is 12.5 Å². The van der Waals surface area contributed by atoms with E-state index in [1.54, 1.807) is 19.1 Å². The maximum absolute atomic E-state index is 11.4. The summed E-state index contributed by atoms with van der Waals surface area (Å²) >= 11 is 0. The standard InChI is InChI=1S/C21H27O9P/c1-12(5-19(22)23)27-21(15-3-2-4-18(11-15)28-31(24,25)26)20(29-30-21)16-7-13-6-14(9-16)10-17(20)8-13/h2-4,11-14,16-17H,5-10H2,1H3,(H,22,23)(H2,24,25,26). The zero-order valence-corrected chi connectivity index (χ0v) is 18.1. The minimum atomic E-state index is -4.75. The number of carbonyl (C=O) groups is 1. The molecule has 1 heterocycles. The van der Waals surface area contributed by atoms with Crippen LogP contribution >= 0.6 is 7.82 Å². The van der Waals surface area contributed by atoms with Gasteiger partial charge in [-0.15, -0.1) is 0 Å². The van der Waals surface area contributed by atoms with Crippen LogP contribution < -0.4 is 4.52 Å². The van der Waals surface area contributed by atoms with Crippen LogP contribution in [0.15, 0.2) is 24.3 Å². The average Bonchev–Trinajstić information content (AvgIpc) is 2.63. The van der Waals surface area contributed by atoms with Gasteiger partial charge in [-0.1, -0.05) is 12.1 Å². The molecule has 170 valence electrons. The molecule has 3 N–H and O–H groups in total. The summed E-state index contributed by atoms with van der Waals surface area (Å²) in [6.07, 6.45) is 4.41. The maximum atomic E-state index is 11.4. The van der Waals surface area contributed by atoms with E-state index in [2.05, 4.69) is 0 Å². The molecular weight excluding hydrogens is 427 g/mol. The third kappa shape index (κ3) is 3.43. The number of carboxylic acids is 1. The molecule has 5 aliphatic rings. The Bertz CT molecular complexity index is 899. The molecule has 0 amide bonds. The summed E-state index contributed by atoms with van der Waals surface area (Å²) in [6, 6.07) is 6.29. The molecule has 0 radical (unpaired) electrons. The molecule has 2 atom stereocenters. The smallest absolute Gasteiger partial charge is 0.481 e. The van der Waals surface area contributed by atoms with Gasteiger partial charge in [-0.25, -0.2) is 9.45 Å². The lowest BCUT2D eigenvalue weighted by atomic mass is 9.47. The van der Waals surface area contributed by atoms with Gasteiger partial charge in [0.15, 0.2) is 5.60 Å². The lowest BCUT2D eigenvalue weighted by molar-refractivity contribution is -0.651. The first-order chi connectivity index (χ1) is 14.6. The Balaban J connectivity index is 1.56. The molecule has 5 fully saturated rings. The van der Waals surface area contributed by atoms with Crippen molar-refractivity contribution in [3.8, 4) is 5.75 Å². The number of hydrogen-bond donors (Lipinski definition) is 3. The molecule has 1 saturated heterocycles. The summed E-state index contributed by atoms with van der Waals surface area (Å²) in [5.74, 6) is -0.623. The second kappa shape index (κ2) is 7.27. The van der Waals surface area contributed by atoms with Crippen molar-refractivity contribution in [1.82, 2.24) is 0 Å². The molecule has 1 spiro atoms. The van der Waals surface area contributed by atoms with Gasteiger partial charge >= 0.3 is 13.8 Å². The Kier molecular flexibility index (Phi) is 5.01. The Morgan fingerprint density at radius 2 is 1.81 bits per heavy atom. The van der Waals surface area contributed by atoms with Crippen LogP contribution in [0.1, 0.15) is 51.0 Å². The molecule has 2 unspecified atom stereocenters. The normalized spacial score (nSPS) is 39.3. The molecule has 10 heteroatoms. The van der Waals surface area contributed by atoms with Gasteiger partial charge in [-0.3, -0.25) is 14.6 Å². The number of carboxylic acid groups (broad SMARTS) is 1. The van der Waals surface area contributed by atoms with Gasteiger partial charge in [0.25, 0.3) is 5.79 Å². The van der Waals surface area contributed by atoms with E-state index in [-0.39, 0.29) is 24.0 Å². The monoisotopic (exact) mass is 454 g/mol. The van der Waals surface area contributed by atoms with Crippen LogP contribution in [0.5, 0.6) is 5.75 Å². The van der Waals surface area contributed by atoms with E-state index in [1.165, 1.54) is 18.6 Å². The highest BCUT2D eigenvalue weighted by Gasteiger charge is 2.77. The second-order valence-corrected chi connectivity index (χ2v) is 10.7. The van der Waals surface area contributed by atoms with Crippen LogP contribution in [-0.4, -0.2) is 32.6 Å². The zero-order valence-electron chi connectivity index (χ0n) is 17.2. The molecule has 9 nitrogen and oxygen atoms in total.